The standard InChI is InChI=1S/C35H41N3O8/c1-6-38(7-2)14-13-36-34(45)20-10-8-9-19(15-20)22-11-12-25(40)28-23(22)16-21-17-24-29(37(4)5)31(42)26(18(3)39)32(43)35(24,46)33(44)27(21)30(28)41/h8-12,15,21,24,29,40,42,44,46H,6-7,13-14,16-17H2,1-5H3,(H,36,45)/t21-,24-,29-,35+/m0/s1. The molecule has 0 aromatic heterocycles. The first-order valence-corrected chi connectivity index (χ1v) is 15.6. The third-order valence-electron chi connectivity index (χ3n) is 9.76. The van der Waals surface area contributed by atoms with Crippen LogP contribution in [0.3, 0.4) is 0 Å². The smallest absolute Gasteiger partial charge is 0.251 e. The molecule has 11 nitrogen and oxygen atoms in total. The predicted octanol–water partition coefficient (Wildman–Crippen LogP) is 2.96. The Morgan fingerprint density at radius 1 is 1.04 bits per heavy atom. The molecule has 1 amide bonds. The fourth-order valence-electron chi connectivity index (χ4n) is 7.42. The van der Waals surface area contributed by atoms with Gasteiger partial charge >= 0.3 is 0 Å². The van der Waals surface area contributed by atoms with E-state index >= 15 is 0 Å². The Balaban J connectivity index is 1.56. The van der Waals surface area contributed by atoms with Gasteiger partial charge in [0.25, 0.3) is 5.91 Å². The van der Waals surface area contributed by atoms with Crippen molar-refractivity contribution in [3.63, 3.8) is 0 Å². The number of ketones is 3. The lowest BCUT2D eigenvalue weighted by Crippen LogP contribution is -2.63. The van der Waals surface area contributed by atoms with E-state index in [0.717, 1.165) is 26.6 Å². The predicted molar refractivity (Wildman–Crippen MR) is 171 cm³/mol. The molecule has 3 aliphatic carbocycles. The zero-order valence-electron chi connectivity index (χ0n) is 26.8. The fraction of sp³-hybridized carbons (Fsp3) is 0.429. The number of nitrogens with one attached hydrogen (secondary N) is 1. The van der Waals surface area contributed by atoms with E-state index < -0.39 is 57.9 Å². The zero-order valence-corrected chi connectivity index (χ0v) is 26.8. The number of phenols is 1. The van der Waals surface area contributed by atoms with E-state index in [1.165, 1.54) is 6.07 Å². The molecular weight excluding hydrogens is 590 g/mol. The second kappa shape index (κ2) is 12.5. The van der Waals surface area contributed by atoms with Crippen molar-refractivity contribution >= 4 is 23.3 Å². The van der Waals surface area contributed by atoms with Crippen molar-refractivity contribution in [3.8, 4) is 16.9 Å². The highest BCUT2D eigenvalue weighted by atomic mass is 16.3. The first kappa shape index (κ1) is 33.1. The molecule has 244 valence electrons. The van der Waals surface area contributed by atoms with Crippen molar-refractivity contribution in [1.82, 2.24) is 15.1 Å². The van der Waals surface area contributed by atoms with Crippen LogP contribution in [0.1, 0.15) is 53.5 Å². The topological polar surface area (TPSA) is 168 Å². The van der Waals surface area contributed by atoms with E-state index in [0.29, 0.717) is 28.8 Å². The summed E-state index contributed by atoms with van der Waals surface area (Å²) in [6.07, 6.45) is 0.185. The van der Waals surface area contributed by atoms with Crippen LogP contribution in [0.15, 0.2) is 59.1 Å². The molecule has 0 saturated carbocycles. The molecular formula is C35H41N3O8. The minimum Gasteiger partial charge on any atom is -0.510 e. The molecule has 0 saturated heterocycles. The summed E-state index contributed by atoms with van der Waals surface area (Å²) in [4.78, 5) is 56.8. The van der Waals surface area contributed by atoms with E-state index in [2.05, 4.69) is 24.1 Å². The third kappa shape index (κ3) is 5.22. The van der Waals surface area contributed by atoms with Gasteiger partial charge < -0.3 is 30.6 Å². The van der Waals surface area contributed by atoms with Gasteiger partial charge in [0.2, 0.25) is 5.78 Å². The molecule has 0 bridgehead atoms. The monoisotopic (exact) mass is 631 g/mol. The van der Waals surface area contributed by atoms with Gasteiger partial charge in [-0.3, -0.25) is 24.1 Å². The van der Waals surface area contributed by atoms with E-state index in [1.807, 2.05) is 0 Å². The van der Waals surface area contributed by atoms with Gasteiger partial charge in [0.15, 0.2) is 17.2 Å². The number of hydrogen-bond acceptors (Lipinski definition) is 10. The Morgan fingerprint density at radius 3 is 2.37 bits per heavy atom. The lowest BCUT2D eigenvalue weighted by Gasteiger charge is -2.50. The van der Waals surface area contributed by atoms with Crippen molar-refractivity contribution in [1.29, 1.82) is 0 Å². The number of aliphatic hydroxyl groups is 3. The molecule has 0 spiro atoms. The van der Waals surface area contributed by atoms with E-state index in [4.69, 9.17) is 0 Å². The molecule has 2 aromatic carbocycles. The van der Waals surface area contributed by atoms with Crippen molar-refractivity contribution in [2.24, 2.45) is 11.8 Å². The second-order valence-corrected chi connectivity index (χ2v) is 12.5. The zero-order chi connectivity index (χ0) is 33.7. The minimum atomic E-state index is -2.62. The highest BCUT2D eigenvalue weighted by Crippen LogP contribution is 2.53. The number of hydrogen-bond donors (Lipinski definition) is 5. The van der Waals surface area contributed by atoms with Crippen LogP contribution in [-0.2, 0) is 16.0 Å². The van der Waals surface area contributed by atoms with E-state index in [9.17, 15) is 39.6 Å². The van der Waals surface area contributed by atoms with Gasteiger partial charge in [-0.25, -0.2) is 0 Å². The van der Waals surface area contributed by atoms with Crippen LogP contribution < -0.4 is 5.32 Å². The summed E-state index contributed by atoms with van der Waals surface area (Å²) in [5, 5.41) is 48.3. The number of carbonyl (C=O) groups excluding carboxylic acids is 4. The largest absolute Gasteiger partial charge is 0.510 e. The summed E-state index contributed by atoms with van der Waals surface area (Å²) in [5.41, 5.74) is -1.31. The number of allylic oxidation sites excluding steroid dienone is 1. The first-order chi connectivity index (χ1) is 21.8. The lowest BCUT2D eigenvalue weighted by molar-refractivity contribution is -0.148. The summed E-state index contributed by atoms with van der Waals surface area (Å²) in [6, 6.07) is 9.01. The highest BCUT2D eigenvalue weighted by Gasteiger charge is 2.63. The number of carbonyl (C=O) groups is 4. The maximum atomic E-state index is 14.1. The number of Topliss-reactive ketones (excluding diaryl/α,β-unsaturated/α-hetero) is 3. The number of nitrogens with zero attached hydrogens (tertiary/aromatic N) is 2. The van der Waals surface area contributed by atoms with Crippen LogP contribution in [0.25, 0.3) is 11.1 Å². The quantitative estimate of drug-likeness (QED) is 0.260. The summed E-state index contributed by atoms with van der Waals surface area (Å²) >= 11 is 0. The Labute approximate surface area is 267 Å². The second-order valence-electron chi connectivity index (χ2n) is 12.5. The van der Waals surface area contributed by atoms with Crippen LogP contribution in [-0.4, -0.2) is 105 Å². The summed E-state index contributed by atoms with van der Waals surface area (Å²) < 4.78 is 0. The van der Waals surface area contributed by atoms with Gasteiger partial charge in [-0.05, 0) is 87.8 Å². The number of phenolic OH excluding ortho intramolecular Hbond substituents is 1. The Morgan fingerprint density at radius 2 is 1.74 bits per heavy atom. The van der Waals surface area contributed by atoms with Crippen LogP contribution >= 0.6 is 0 Å². The average Bonchev–Trinajstić information content (AvgIpc) is 3.01. The number of fused-ring (bicyclic) bond motifs is 3. The maximum absolute atomic E-state index is 14.1. The Hall–Kier alpha value is -4.32. The fourth-order valence-corrected chi connectivity index (χ4v) is 7.42. The number of rotatable bonds is 9. The first-order valence-electron chi connectivity index (χ1n) is 15.6. The molecule has 46 heavy (non-hydrogen) atoms. The van der Waals surface area contributed by atoms with Crippen LogP contribution in [0.2, 0.25) is 0 Å². The van der Waals surface area contributed by atoms with Crippen molar-refractivity contribution in [2.75, 3.05) is 40.3 Å². The SMILES string of the molecule is CCN(CC)CCNC(=O)c1cccc(-c2ccc(O)c3c2C[C@H]2C[C@H]4[C@H](N(C)C)C(O)=C(C(C)=O)C(=O)[C@@]4(O)C(O)=C2C3=O)c1. The number of benzene rings is 2. The third-order valence-corrected chi connectivity index (χ3v) is 9.76. The Bertz CT molecular complexity index is 1690. The van der Waals surface area contributed by atoms with E-state index in [1.54, 1.807) is 49.3 Å². The van der Waals surface area contributed by atoms with Gasteiger partial charge in [0.05, 0.1) is 11.6 Å². The van der Waals surface area contributed by atoms with Gasteiger partial charge in [-0.2, -0.15) is 0 Å². The van der Waals surface area contributed by atoms with Crippen molar-refractivity contribution in [3.05, 3.63) is 75.8 Å². The van der Waals surface area contributed by atoms with Crippen LogP contribution in [0, 0.1) is 11.8 Å². The molecule has 2 aromatic rings. The molecule has 0 unspecified atom stereocenters. The molecule has 0 radical (unpaired) electrons. The summed E-state index contributed by atoms with van der Waals surface area (Å²) in [6.45, 7) is 8.17. The van der Waals surface area contributed by atoms with Crippen molar-refractivity contribution in [2.45, 2.75) is 45.3 Å². The molecule has 3 aliphatic rings. The number of aliphatic hydroxyl groups excluding tert-OH is 2. The number of aromatic hydroxyl groups is 1. The molecule has 4 atom stereocenters. The molecule has 0 aliphatic heterocycles. The molecule has 5 rings (SSSR count). The van der Waals surface area contributed by atoms with Crippen LogP contribution in [0.4, 0.5) is 0 Å². The van der Waals surface area contributed by atoms with Gasteiger partial charge in [-0.1, -0.05) is 32.0 Å². The summed E-state index contributed by atoms with van der Waals surface area (Å²) in [5.74, 6) is -6.35. The lowest BCUT2D eigenvalue weighted by atomic mass is 9.58. The molecule has 0 fully saturated rings. The molecule has 0 heterocycles. The molecule has 11 heteroatoms. The number of amides is 1. The maximum Gasteiger partial charge on any atom is 0.251 e. The normalized spacial score (nSPS) is 24.2. The Kier molecular flexibility index (Phi) is 8.96. The van der Waals surface area contributed by atoms with Gasteiger partial charge in [-0.15, -0.1) is 0 Å². The highest BCUT2D eigenvalue weighted by molar-refractivity contribution is 6.25. The summed E-state index contributed by atoms with van der Waals surface area (Å²) in [7, 11) is 3.24. The average molecular weight is 632 g/mol. The van der Waals surface area contributed by atoms with Gasteiger partial charge in [0, 0.05) is 30.1 Å². The van der Waals surface area contributed by atoms with Gasteiger partial charge in [0.1, 0.15) is 22.8 Å². The number of likely N-dealkylation sites (N-methyl/N-ethyl adjacent to an activating group) is 2. The van der Waals surface area contributed by atoms with Crippen molar-refractivity contribution < 1.29 is 39.6 Å². The minimum absolute atomic E-state index is 0.0228. The van der Waals surface area contributed by atoms with Crippen LogP contribution in [0.5, 0.6) is 5.75 Å². The van der Waals surface area contributed by atoms with E-state index in [-0.39, 0.29) is 35.6 Å². The molecule has 5 N–H and O–H groups in total.